The maximum absolute atomic E-state index is 13.9. The van der Waals surface area contributed by atoms with Crippen molar-refractivity contribution in [2.75, 3.05) is 47.1 Å². The van der Waals surface area contributed by atoms with Gasteiger partial charge in [-0.1, -0.05) is 34.6 Å². The van der Waals surface area contributed by atoms with Crippen LogP contribution < -0.4 is 18.9 Å². The molecule has 340 valence electrons. The molecule has 2 heterocycles. The van der Waals surface area contributed by atoms with Gasteiger partial charge in [-0.2, -0.15) is 0 Å². The van der Waals surface area contributed by atoms with E-state index in [9.17, 15) is 44.8 Å². The van der Waals surface area contributed by atoms with Crippen LogP contribution in [0.5, 0.6) is 23.0 Å². The molecule has 2 amide bonds. The van der Waals surface area contributed by atoms with Gasteiger partial charge in [0.05, 0.1) is 74.3 Å². The van der Waals surface area contributed by atoms with Crippen molar-refractivity contribution in [3.63, 3.8) is 0 Å². The summed E-state index contributed by atoms with van der Waals surface area (Å²) in [7, 11) is -2.08. The molecule has 0 radical (unpaired) electrons. The summed E-state index contributed by atoms with van der Waals surface area (Å²) in [6.45, 7) is 18.2. The number of benzene rings is 2. The maximum atomic E-state index is 13.9. The number of nitro benzene ring substituents is 2. The molecule has 3 N–H and O–H groups in total. The van der Waals surface area contributed by atoms with Crippen molar-refractivity contribution in [3.8, 4) is 23.0 Å². The third-order valence-corrected chi connectivity index (χ3v) is 20.8. The first kappa shape index (κ1) is 49.3. The summed E-state index contributed by atoms with van der Waals surface area (Å²) in [6.07, 6.45) is 0.244. The molecule has 0 aliphatic carbocycles. The summed E-state index contributed by atoms with van der Waals surface area (Å²) in [6, 6.07) is 3.85. The van der Waals surface area contributed by atoms with E-state index >= 15 is 0 Å². The molecule has 20 heteroatoms. The minimum atomic E-state index is -2.54. The zero-order valence-corrected chi connectivity index (χ0v) is 39.3. The maximum Gasteiger partial charge on any atom is 0.286 e. The zero-order chi connectivity index (χ0) is 45.8. The van der Waals surface area contributed by atoms with Gasteiger partial charge in [0.1, 0.15) is 11.1 Å². The van der Waals surface area contributed by atoms with E-state index in [1.54, 1.807) is 0 Å². The van der Waals surface area contributed by atoms with Gasteiger partial charge in [0.15, 0.2) is 39.6 Å². The van der Waals surface area contributed by atoms with Crippen molar-refractivity contribution in [2.24, 2.45) is 0 Å². The Hall–Kier alpha value is -4.35. The van der Waals surface area contributed by atoms with Gasteiger partial charge in [0.25, 0.3) is 23.2 Å². The highest BCUT2D eigenvalue weighted by Crippen LogP contribution is 2.43. The smallest absolute Gasteiger partial charge is 0.286 e. The summed E-state index contributed by atoms with van der Waals surface area (Å²) < 4.78 is 29.0. The van der Waals surface area contributed by atoms with Crippen molar-refractivity contribution in [1.82, 2.24) is 9.80 Å². The predicted octanol–water partition coefficient (Wildman–Crippen LogP) is 6.30. The van der Waals surface area contributed by atoms with Crippen LogP contribution in [-0.4, -0.2) is 135 Å². The van der Waals surface area contributed by atoms with Crippen molar-refractivity contribution < 1.29 is 57.8 Å². The largest absolute Gasteiger partial charge is 0.493 e. The van der Waals surface area contributed by atoms with Crippen molar-refractivity contribution in [3.05, 3.63) is 55.6 Å². The normalized spacial score (nSPS) is 19.8. The minimum absolute atomic E-state index is 0.00264. The standard InChI is InChI=1S/C41H64N4O14Si2/c1-40(2,3)61(10,11)59-25-27-18-29(47)24-43(27)39(49)31-20-35(56-7)37(22-33(31)45(52)53)58-16-12-15-57-36-21-32(44(50)51)30(19-34(36)55-6)38(48)42-23-28(46)17-26(42)13-14-41(4,5)60(8,9)54/h19-22,26-29,46-47,54H,12-18,23-25H2,1-11H3/t26-,27+,28-,29-/m1/s1. The van der Waals surface area contributed by atoms with E-state index in [2.05, 4.69) is 33.9 Å². The van der Waals surface area contributed by atoms with Gasteiger partial charge in [0.2, 0.25) is 0 Å². The van der Waals surface area contributed by atoms with Crippen LogP contribution >= 0.6 is 0 Å². The molecule has 2 aliphatic heterocycles. The average Bonchev–Trinajstić information content (AvgIpc) is 3.74. The van der Waals surface area contributed by atoms with Gasteiger partial charge in [-0.05, 0) is 61.9 Å². The molecule has 2 saturated heterocycles. The van der Waals surface area contributed by atoms with E-state index < -0.39 is 67.9 Å². The number of rotatable bonds is 19. The number of aliphatic hydroxyl groups is 2. The van der Waals surface area contributed by atoms with Gasteiger partial charge >= 0.3 is 0 Å². The number of aliphatic hydroxyl groups excluding tert-OH is 2. The number of nitrogens with zero attached hydrogens (tertiary/aromatic N) is 4. The van der Waals surface area contributed by atoms with Crippen LogP contribution in [0.25, 0.3) is 0 Å². The molecule has 61 heavy (non-hydrogen) atoms. The van der Waals surface area contributed by atoms with Crippen molar-refractivity contribution in [2.45, 2.75) is 127 Å². The molecular formula is C41H64N4O14Si2. The first-order chi connectivity index (χ1) is 28.2. The average molecular weight is 893 g/mol. The van der Waals surface area contributed by atoms with Crippen molar-refractivity contribution in [1.29, 1.82) is 0 Å². The first-order valence-electron chi connectivity index (χ1n) is 20.6. The second-order valence-corrected chi connectivity index (χ2v) is 27.9. The van der Waals surface area contributed by atoms with Crippen LogP contribution in [0.2, 0.25) is 36.3 Å². The van der Waals surface area contributed by atoms with Crippen LogP contribution in [0.1, 0.15) is 87.4 Å². The molecule has 2 aromatic rings. The van der Waals surface area contributed by atoms with E-state index in [4.69, 9.17) is 23.4 Å². The number of amides is 2. The fourth-order valence-electron chi connectivity index (χ4n) is 7.09. The Morgan fingerprint density at radius 3 is 1.57 bits per heavy atom. The summed E-state index contributed by atoms with van der Waals surface area (Å²) in [5.41, 5.74) is -1.47. The highest BCUT2D eigenvalue weighted by molar-refractivity contribution is 6.74. The number of hydrogen-bond donors (Lipinski definition) is 3. The Balaban J connectivity index is 1.46. The predicted molar refractivity (Wildman–Crippen MR) is 232 cm³/mol. The van der Waals surface area contributed by atoms with Crippen molar-refractivity contribution >= 4 is 39.8 Å². The van der Waals surface area contributed by atoms with Gasteiger partial charge in [-0.15, -0.1) is 0 Å². The monoisotopic (exact) mass is 892 g/mol. The number of carbonyl (C=O) groups is 2. The lowest BCUT2D eigenvalue weighted by molar-refractivity contribution is -0.385. The summed E-state index contributed by atoms with van der Waals surface area (Å²) in [5, 5.41) is 45.2. The number of ether oxygens (including phenoxy) is 4. The number of likely N-dealkylation sites (tertiary alicyclic amines) is 2. The third-order valence-electron chi connectivity index (χ3n) is 12.7. The second kappa shape index (κ2) is 19.4. The van der Waals surface area contributed by atoms with Crippen LogP contribution in [0.3, 0.4) is 0 Å². The number of methoxy groups -OCH3 is 2. The lowest BCUT2D eigenvalue weighted by Crippen LogP contribution is -2.46. The summed E-state index contributed by atoms with van der Waals surface area (Å²) >= 11 is 0. The van der Waals surface area contributed by atoms with Crippen LogP contribution in [-0.2, 0) is 4.43 Å². The second-order valence-electron chi connectivity index (χ2n) is 18.7. The number of carbonyl (C=O) groups excluding carboxylic acids is 2. The Kier molecular flexibility index (Phi) is 15.7. The van der Waals surface area contributed by atoms with Crippen LogP contribution in [0.4, 0.5) is 11.4 Å². The fraction of sp³-hybridized carbons (Fsp3) is 0.659. The molecule has 2 aliphatic rings. The van der Waals surface area contributed by atoms with E-state index in [0.29, 0.717) is 19.3 Å². The summed E-state index contributed by atoms with van der Waals surface area (Å²) in [4.78, 5) is 64.6. The molecule has 0 aromatic heterocycles. The Labute approximate surface area is 359 Å². The Morgan fingerprint density at radius 2 is 1.18 bits per heavy atom. The molecule has 4 atom stereocenters. The van der Waals surface area contributed by atoms with Gasteiger partial charge in [-0.25, -0.2) is 0 Å². The third kappa shape index (κ3) is 11.6. The fourth-order valence-corrected chi connectivity index (χ4v) is 8.89. The quantitative estimate of drug-likeness (QED) is 0.0608. The molecular weight excluding hydrogens is 829 g/mol. The lowest BCUT2D eigenvalue weighted by atomic mass is 9.99. The topological polar surface area (TPSA) is 234 Å². The highest BCUT2D eigenvalue weighted by atomic mass is 28.4. The number of β-amino-alcohol motifs (C(OH)–C–C–N with tert-alkyl or cyclic N) is 2. The number of nitro groups is 2. The molecule has 2 aromatic carbocycles. The summed E-state index contributed by atoms with van der Waals surface area (Å²) in [5.74, 6) is -1.15. The first-order valence-corrected chi connectivity index (χ1v) is 26.4. The van der Waals surface area contributed by atoms with E-state index in [-0.39, 0.29) is 96.0 Å². The van der Waals surface area contributed by atoms with E-state index in [1.165, 1.54) is 36.2 Å². The highest BCUT2D eigenvalue weighted by Gasteiger charge is 2.44. The molecule has 2 fully saturated rings. The van der Waals surface area contributed by atoms with E-state index in [1.807, 2.05) is 26.9 Å². The molecule has 0 bridgehead atoms. The van der Waals surface area contributed by atoms with Crippen LogP contribution in [0, 0.1) is 20.2 Å². The molecule has 18 nitrogen and oxygen atoms in total. The molecule has 4 rings (SSSR count). The molecule has 0 saturated carbocycles. The van der Waals surface area contributed by atoms with Crippen LogP contribution in [0.15, 0.2) is 24.3 Å². The molecule has 0 spiro atoms. The Morgan fingerprint density at radius 1 is 0.754 bits per heavy atom. The van der Waals surface area contributed by atoms with Gasteiger partial charge in [0, 0.05) is 37.7 Å². The Bertz CT molecular complexity index is 1800. The molecule has 0 unspecified atom stereocenters. The van der Waals surface area contributed by atoms with Gasteiger partial charge in [-0.3, -0.25) is 29.8 Å². The minimum Gasteiger partial charge on any atom is -0.493 e. The SMILES string of the molecule is COc1cc(C(=O)N2C[C@H](O)C[C@H]2CCC(C)(C)[Si](C)(C)O)c([N+](=O)[O-])cc1OCCCOc1cc([N+](=O)[O-])c(C(=O)N2C[C@H](O)C[C@H]2CO[Si](C)(C)C(C)(C)C)cc1OC. The van der Waals surface area contributed by atoms with Gasteiger partial charge < -0.3 is 48.2 Å². The zero-order valence-electron chi connectivity index (χ0n) is 37.3. The lowest BCUT2D eigenvalue weighted by Gasteiger charge is -2.38. The van der Waals surface area contributed by atoms with E-state index in [0.717, 1.165) is 12.1 Å². The number of hydrogen-bond acceptors (Lipinski definition) is 14.